The van der Waals surface area contributed by atoms with Gasteiger partial charge in [0.2, 0.25) is 0 Å². The number of hydrogen-bond acceptors (Lipinski definition) is 18. The van der Waals surface area contributed by atoms with E-state index in [1.54, 1.807) is 0 Å². The molecule has 2 N–H and O–H groups in total. The Morgan fingerprint density at radius 3 is 0.331 bits per heavy atom. The highest BCUT2D eigenvalue weighted by Crippen LogP contribution is 2.67. The van der Waals surface area contributed by atoms with Crippen LogP contribution in [0.5, 0.6) is 0 Å². The van der Waals surface area contributed by atoms with E-state index in [-0.39, 0.29) is 0 Å². The predicted molar refractivity (Wildman–Crippen MR) is 466 cm³/mol. The number of nitrogens with zero attached hydrogens (tertiary/aromatic N) is 16. The minimum atomic E-state index is -2.06. The second kappa shape index (κ2) is 24.9. The van der Waals surface area contributed by atoms with Crippen molar-refractivity contribution in [1.29, 1.82) is 0 Å². The molecule has 9 heterocycles. The maximum Gasteiger partial charge on any atom is 0.102 e. The molecule has 118 heavy (non-hydrogen) atoms. The number of nitrogens with one attached hydrogen (secondary N) is 2. The minimum absolute atomic E-state index is 0.540. The number of fused-ring (bicyclic) bond motifs is 16. The minimum Gasteiger partial charge on any atom is -0.286 e. The van der Waals surface area contributed by atoms with Crippen molar-refractivity contribution in [3.05, 3.63) is 384 Å². The predicted octanol–water partition coefficient (Wildman–Crippen LogP) is 19.7. The fourth-order valence-electron chi connectivity index (χ4n) is 19.2. The Labute approximate surface area is 669 Å². The second-order valence-corrected chi connectivity index (χ2v) is 30.3. The van der Waals surface area contributed by atoms with Crippen LogP contribution >= 0.6 is 0 Å². The standard InChI is InChI=1S/C100H58N18/c1-9-41-73-65(33-1)101-81-49-17-25-57(89(81)109-73)97(58-26-18-50-82-90(58)110-74-42-10-2-34-66(74)102-82)98(59-27-19-51-83-91(59)111-75-43-11-3-35-67(75)103-83,60-28-20-52-84-92(60)112-76-44-12-4-36-68(76)104-84)118-100(63-31-23-55-87-95(63)115-79-47-15-7-39-71(79)107-87,64-32-24-56-88-96(64)116-80-48-16-8-40-72(80)108-88)99(117-97,61-29-21-53-85-93(61)113-77-45-13-5-37-69(77)105-85)62-30-22-54-86-94(62)114-78-46-14-6-38-70(78)106-86/h1-56,117-118H. The first-order valence-corrected chi connectivity index (χ1v) is 39.2. The van der Waals surface area contributed by atoms with Crippen molar-refractivity contribution in [3.8, 4) is 0 Å². The fraction of sp³-hybridized carbons (Fsp3) is 0.0400. The Morgan fingerprint density at radius 2 is 0.212 bits per heavy atom. The van der Waals surface area contributed by atoms with Gasteiger partial charge in [0, 0.05) is 44.5 Å². The van der Waals surface area contributed by atoms with Crippen molar-refractivity contribution in [2.75, 3.05) is 0 Å². The van der Waals surface area contributed by atoms with Gasteiger partial charge in [0.15, 0.2) is 0 Å². The van der Waals surface area contributed by atoms with Crippen LogP contribution in [0.2, 0.25) is 0 Å². The fourth-order valence-corrected chi connectivity index (χ4v) is 19.2. The lowest BCUT2D eigenvalue weighted by molar-refractivity contribution is 0.0106. The molecule has 8 aromatic heterocycles. The average molecular weight is 1510 g/mol. The molecule has 1 saturated heterocycles. The second-order valence-electron chi connectivity index (χ2n) is 30.3. The smallest absolute Gasteiger partial charge is 0.102 e. The van der Waals surface area contributed by atoms with Crippen LogP contribution in [0.1, 0.15) is 44.5 Å². The lowest BCUT2D eigenvalue weighted by atomic mass is 9.50. The Hall–Kier alpha value is -15.8. The molecule has 1 aliphatic heterocycles. The zero-order valence-electron chi connectivity index (χ0n) is 62.5. The summed E-state index contributed by atoms with van der Waals surface area (Å²) in [7, 11) is 0. The Kier molecular flexibility index (Phi) is 13.9. The molecule has 0 atom stereocenters. The highest BCUT2D eigenvalue weighted by Gasteiger charge is 2.74. The molecule has 18 nitrogen and oxygen atoms in total. The molecule has 0 spiro atoms. The molecule has 0 unspecified atom stereocenters. The molecule has 0 amide bonds. The van der Waals surface area contributed by atoms with E-state index in [1.807, 2.05) is 194 Å². The molecule has 18 heteroatoms. The quantitative estimate of drug-likeness (QED) is 0.135. The topological polar surface area (TPSA) is 230 Å². The van der Waals surface area contributed by atoms with Gasteiger partial charge in [-0.25, -0.2) is 79.7 Å². The normalized spacial score (nSPS) is 14.6. The van der Waals surface area contributed by atoms with Gasteiger partial charge in [0.25, 0.3) is 0 Å². The third-order valence-electron chi connectivity index (χ3n) is 24.1. The first-order valence-electron chi connectivity index (χ1n) is 39.2. The Bertz CT molecular complexity index is 7030. The molecule has 0 aliphatic carbocycles. The molecule has 25 rings (SSSR count). The summed E-state index contributed by atoms with van der Waals surface area (Å²) in [6, 6.07) is 115. The molecular weight excluding hydrogens is 1450 g/mol. The summed E-state index contributed by atoms with van der Waals surface area (Å²) in [5, 5.41) is 10.5. The first-order chi connectivity index (χ1) is 58.4. The van der Waals surface area contributed by atoms with Crippen LogP contribution in [0, 0.1) is 0 Å². The van der Waals surface area contributed by atoms with E-state index in [0.29, 0.717) is 221 Å². The van der Waals surface area contributed by atoms with Gasteiger partial charge in [0.1, 0.15) is 22.2 Å². The largest absolute Gasteiger partial charge is 0.286 e. The molecule has 0 saturated carbocycles. The summed E-state index contributed by atoms with van der Waals surface area (Å²) in [4.78, 5) is 94.2. The molecule has 548 valence electrons. The van der Waals surface area contributed by atoms with Crippen LogP contribution in [0.15, 0.2) is 340 Å². The van der Waals surface area contributed by atoms with Crippen molar-refractivity contribution in [3.63, 3.8) is 0 Å². The summed E-state index contributed by atoms with van der Waals surface area (Å²) in [5.74, 6) is 0. The van der Waals surface area contributed by atoms with Crippen LogP contribution < -0.4 is 10.6 Å². The van der Waals surface area contributed by atoms with Gasteiger partial charge in [-0.05, 0) is 146 Å². The van der Waals surface area contributed by atoms with E-state index in [0.717, 1.165) is 0 Å². The monoisotopic (exact) mass is 1510 g/mol. The summed E-state index contributed by atoms with van der Waals surface area (Å²) < 4.78 is 0. The van der Waals surface area contributed by atoms with Crippen LogP contribution in [0.4, 0.5) is 0 Å². The van der Waals surface area contributed by atoms with Gasteiger partial charge in [-0.3, -0.25) is 10.6 Å². The number of para-hydroxylation sites is 24. The van der Waals surface area contributed by atoms with Crippen molar-refractivity contribution >= 4 is 177 Å². The third-order valence-corrected chi connectivity index (χ3v) is 24.1. The highest BCUT2D eigenvalue weighted by atomic mass is 15.3. The van der Waals surface area contributed by atoms with Crippen molar-refractivity contribution < 1.29 is 0 Å². The molecular formula is C100H58N18. The van der Waals surface area contributed by atoms with E-state index in [4.69, 9.17) is 90.4 Å². The lowest BCUT2D eigenvalue weighted by Gasteiger charge is -2.69. The number of hydrogen-bond donors (Lipinski definition) is 2. The molecule has 0 radical (unpaired) electrons. The molecule has 24 aromatic rings. The van der Waals surface area contributed by atoms with E-state index >= 15 is 0 Å². The van der Waals surface area contributed by atoms with Crippen LogP contribution in [-0.2, 0) is 22.2 Å². The van der Waals surface area contributed by atoms with Gasteiger partial charge in [-0.15, -0.1) is 0 Å². The van der Waals surface area contributed by atoms with Crippen LogP contribution in [-0.4, -0.2) is 79.7 Å². The maximum atomic E-state index is 6.06. The van der Waals surface area contributed by atoms with Crippen molar-refractivity contribution in [2.24, 2.45) is 0 Å². The SMILES string of the molecule is c1ccc2nc3c(C4(c5cccc6nc7ccccc7nc56)NC(c5cccc6nc7ccccc7nc56)(c5cccc6nc7ccccc7nc56)C(c5cccc6nc7ccccc7nc56)(c5cccc6nc7ccccc7nc56)NC4(c4cccc5nc6ccccc6nc45)c4cccc5nc6ccccc6nc45)cccc3nc2c1. The molecule has 1 aliphatic rings. The van der Waals surface area contributed by atoms with Gasteiger partial charge < -0.3 is 0 Å². The number of piperazine rings is 1. The summed E-state index contributed by atoms with van der Waals surface area (Å²) >= 11 is 0. The van der Waals surface area contributed by atoms with E-state index in [1.165, 1.54) is 0 Å². The Morgan fingerprint density at radius 1 is 0.110 bits per heavy atom. The van der Waals surface area contributed by atoms with E-state index in [2.05, 4.69) is 146 Å². The van der Waals surface area contributed by atoms with E-state index in [9.17, 15) is 0 Å². The van der Waals surface area contributed by atoms with Gasteiger partial charge in [-0.2, -0.15) is 0 Å². The van der Waals surface area contributed by atoms with Gasteiger partial charge >= 0.3 is 0 Å². The van der Waals surface area contributed by atoms with Crippen LogP contribution in [0.25, 0.3) is 177 Å². The summed E-state index contributed by atoms with van der Waals surface area (Å²) in [6.45, 7) is 0. The van der Waals surface area contributed by atoms with Crippen molar-refractivity contribution in [1.82, 2.24) is 90.4 Å². The summed E-state index contributed by atoms with van der Waals surface area (Å²) in [6.07, 6.45) is 0. The summed E-state index contributed by atoms with van der Waals surface area (Å²) in [5.41, 5.74) is 16.7. The zero-order chi connectivity index (χ0) is 77.4. The van der Waals surface area contributed by atoms with Gasteiger partial charge in [-0.1, -0.05) is 194 Å². The Balaban J connectivity index is 1.04. The number of benzene rings is 16. The average Bonchev–Trinajstić information content (AvgIpc) is 0.636. The van der Waals surface area contributed by atoms with Crippen LogP contribution in [0.3, 0.4) is 0 Å². The number of aromatic nitrogens is 16. The molecule has 1 fully saturated rings. The maximum absolute atomic E-state index is 6.06. The van der Waals surface area contributed by atoms with Crippen molar-refractivity contribution in [2.45, 2.75) is 22.2 Å². The van der Waals surface area contributed by atoms with Gasteiger partial charge in [0.05, 0.1) is 177 Å². The third kappa shape index (κ3) is 9.28. The zero-order valence-corrected chi connectivity index (χ0v) is 62.5. The molecule has 0 bridgehead atoms. The highest BCUT2D eigenvalue weighted by molar-refractivity contribution is 6.03. The lowest BCUT2D eigenvalue weighted by Crippen LogP contribution is -2.84. The van der Waals surface area contributed by atoms with E-state index < -0.39 is 22.2 Å². The first kappa shape index (κ1) is 65.8. The molecule has 16 aromatic carbocycles. The number of rotatable bonds is 8.